The number of rotatable bonds is 1. The minimum absolute atomic E-state index is 0.466. The van der Waals surface area contributed by atoms with E-state index in [-0.39, 0.29) is 0 Å². The van der Waals surface area contributed by atoms with Gasteiger partial charge in [-0.25, -0.2) is 0 Å². The van der Waals surface area contributed by atoms with Crippen molar-refractivity contribution >= 4 is 0 Å². The Kier molecular flexibility index (Phi) is 1.54. The average Bonchev–Trinajstić information content (AvgIpc) is 2.78. The Morgan fingerprint density at radius 2 is 1.36 bits per heavy atom. The van der Waals surface area contributed by atoms with E-state index in [2.05, 4.69) is 19.3 Å². The van der Waals surface area contributed by atoms with Crippen LogP contribution in [0.2, 0.25) is 0 Å². The summed E-state index contributed by atoms with van der Waals surface area (Å²) in [6, 6.07) is 0. The second kappa shape index (κ2) is 2.22. The van der Waals surface area contributed by atoms with Crippen molar-refractivity contribution in [1.82, 2.24) is 5.32 Å². The van der Waals surface area contributed by atoms with Crippen LogP contribution in [0.25, 0.3) is 0 Å². The molecule has 64 valence electrons. The highest BCUT2D eigenvalue weighted by atomic mass is 14.9. The van der Waals surface area contributed by atoms with Gasteiger partial charge < -0.3 is 5.32 Å². The molecule has 0 amide bonds. The van der Waals surface area contributed by atoms with Gasteiger partial charge in [-0.2, -0.15) is 0 Å². The van der Waals surface area contributed by atoms with Gasteiger partial charge in [0.1, 0.15) is 0 Å². The van der Waals surface area contributed by atoms with Crippen molar-refractivity contribution in [2.24, 2.45) is 5.41 Å². The van der Waals surface area contributed by atoms with Crippen LogP contribution in [0.4, 0.5) is 0 Å². The Hall–Kier alpha value is -0.0400. The summed E-state index contributed by atoms with van der Waals surface area (Å²) in [7, 11) is 2.10. The lowest BCUT2D eigenvalue weighted by Gasteiger charge is -2.37. The lowest BCUT2D eigenvalue weighted by Crippen LogP contribution is -2.43. The second-order valence-electron chi connectivity index (χ2n) is 4.81. The third-order valence-corrected chi connectivity index (χ3v) is 3.97. The van der Waals surface area contributed by atoms with E-state index >= 15 is 0 Å². The van der Waals surface area contributed by atoms with E-state index in [1.165, 1.54) is 38.5 Å². The first-order valence-electron chi connectivity index (χ1n) is 4.87. The molecule has 0 unspecified atom stereocenters. The van der Waals surface area contributed by atoms with E-state index in [1.54, 1.807) is 0 Å². The summed E-state index contributed by atoms with van der Waals surface area (Å²) in [5, 5.41) is 3.45. The molecule has 2 fully saturated rings. The molecule has 1 heteroatoms. The van der Waals surface area contributed by atoms with Crippen molar-refractivity contribution in [2.45, 2.75) is 51.0 Å². The molecule has 0 atom stereocenters. The molecule has 0 radical (unpaired) electrons. The van der Waals surface area contributed by atoms with Crippen LogP contribution in [0.1, 0.15) is 45.4 Å². The molecule has 2 aliphatic rings. The monoisotopic (exact) mass is 153 g/mol. The van der Waals surface area contributed by atoms with E-state index in [0.717, 1.165) is 5.41 Å². The largest absolute Gasteiger partial charge is 0.315 e. The molecule has 0 aromatic rings. The van der Waals surface area contributed by atoms with Crippen LogP contribution in [-0.4, -0.2) is 12.6 Å². The summed E-state index contributed by atoms with van der Waals surface area (Å²) < 4.78 is 0. The Bertz CT molecular complexity index is 148. The molecule has 0 bridgehead atoms. The highest BCUT2D eigenvalue weighted by Gasteiger charge is 2.47. The van der Waals surface area contributed by atoms with Crippen LogP contribution in [-0.2, 0) is 0 Å². The summed E-state index contributed by atoms with van der Waals surface area (Å²) in [6.07, 6.45) is 8.78. The summed E-state index contributed by atoms with van der Waals surface area (Å²) >= 11 is 0. The van der Waals surface area contributed by atoms with E-state index in [9.17, 15) is 0 Å². The van der Waals surface area contributed by atoms with Gasteiger partial charge >= 0.3 is 0 Å². The predicted octanol–water partition coefficient (Wildman–Crippen LogP) is 2.32. The van der Waals surface area contributed by atoms with Crippen LogP contribution >= 0.6 is 0 Å². The van der Waals surface area contributed by atoms with Gasteiger partial charge in [0.15, 0.2) is 0 Å². The van der Waals surface area contributed by atoms with Crippen LogP contribution in [0.15, 0.2) is 0 Å². The predicted molar refractivity (Wildman–Crippen MR) is 47.6 cm³/mol. The molecule has 1 N–H and O–H groups in total. The molecule has 0 aliphatic heterocycles. The first kappa shape index (κ1) is 7.60. The van der Waals surface area contributed by atoms with Crippen molar-refractivity contribution in [3.63, 3.8) is 0 Å². The summed E-state index contributed by atoms with van der Waals surface area (Å²) in [5.41, 5.74) is 1.31. The van der Waals surface area contributed by atoms with Gasteiger partial charge in [0.05, 0.1) is 0 Å². The minimum atomic E-state index is 0.466. The van der Waals surface area contributed by atoms with Gasteiger partial charge in [-0.05, 0) is 57.9 Å². The van der Waals surface area contributed by atoms with Crippen LogP contribution < -0.4 is 5.32 Å². The maximum atomic E-state index is 3.45. The van der Waals surface area contributed by atoms with Crippen LogP contribution in [0.3, 0.4) is 0 Å². The molecule has 2 rings (SSSR count). The SMILES string of the molecule is CNC1(C)CCC2(CC2)CC1. The fourth-order valence-corrected chi connectivity index (χ4v) is 2.26. The standard InChI is InChI=1S/C10H19N/c1-9(11-2)3-5-10(6-4-9)7-8-10/h11H,3-8H2,1-2H3. The van der Waals surface area contributed by atoms with Crippen molar-refractivity contribution in [3.8, 4) is 0 Å². The molecule has 1 spiro atoms. The zero-order valence-corrected chi connectivity index (χ0v) is 7.74. The highest BCUT2D eigenvalue weighted by molar-refractivity contribution is 5.01. The molecular weight excluding hydrogens is 134 g/mol. The Morgan fingerprint density at radius 1 is 0.909 bits per heavy atom. The highest BCUT2D eigenvalue weighted by Crippen LogP contribution is 2.57. The number of nitrogens with one attached hydrogen (secondary N) is 1. The third kappa shape index (κ3) is 1.31. The van der Waals surface area contributed by atoms with Gasteiger partial charge in [0.2, 0.25) is 0 Å². The summed E-state index contributed by atoms with van der Waals surface area (Å²) in [4.78, 5) is 0. The van der Waals surface area contributed by atoms with Crippen molar-refractivity contribution in [1.29, 1.82) is 0 Å². The third-order valence-electron chi connectivity index (χ3n) is 3.97. The molecule has 2 saturated carbocycles. The second-order valence-corrected chi connectivity index (χ2v) is 4.81. The maximum absolute atomic E-state index is 3.45. The Balaban J connectivity index is 1.93. The van der Waals surface area contributed by atoms with Crippen LogP contribution in [0.5, 0.6) is 0 Å². The molecule has 1 nitrogen and oxygen atoms in total. The number of hydrogen-bond acceptors (Lipinski definition) is 1. The van der Waals surface area contributed by atoms with Crippen molar-refractivity contribution in [2.75, 3.05) is 7.05 Å². The molecule has 0 heterocycles. The van der Waals surface area contributed by atoms with Gasteiger partial charge in [0.25, 0.3) is 0 Å². The van der Waals surface area contributed by atoms with E-state index < -0.39 is 0 Å². The van der Waals surface area contributed by atoms with Gasteiger partial charge in [-0.1, -0.05) is 0 Å². The molecule has 0 saturated heterocycles. The summed E-state index contributed by atoms with van der Waals surface area (Å²) in [5.74, 6) is 0. The molecule has 2 aliphatic carbocycles. The molecule has 11 heavy (non-hydrogen) atoms. The van der Waals surface area contributed by atoms with Gasteiger partial charge in [0, 0.05) is 5.54 Å². The number of hydrogen-bond donors (Lipinski definition) is 1. The van der Waals surface area contributed by atoms with E-state index in [4.69, 9.17) is 0 Å². The summed E-state index contributed by atoms with van der Waals surface area (Å²) in [6.45, 7) is 2.36. The quantitative estimate of drug-likeness (QED) is 0.609. The van der Waals surface area contributed by atoms with Crippen molar-refractivity contribution < 1.29 is 0 Å². The lowest BCUT2D eigenvalue weighted by atomic mass is 9.76. The first-order chi connectivity index (χ1) is 5.18. The van der Waals surface area contributed by atoms with Crippen molar-refractivity contribution in [3.05, 3.63) is 0 Å². The molecule has 0 aromatic carbocycles. The lowest BCUT2D eigenvalue weighted by molar-refractivity contribution is 0.203. The fraction of sp³-hybridized carbons (Fsp3) is 1.00. The Morgan fingerprint density at radius 3 is 1.73 bits per heavy atom. The maximum Gasteiger partial charge on any atom is 0.0150 e. The Labute approximate surface area is 69.6 Å². The van der Waals surface area contributed by atoms with Gasteiger partial charge in [-0.15, -0.1) is 0 Å². The smallest absolute Gasteiger partial charge is 0.0150 e. The molecular formula is C10H19N. The van der Waals surface area contributed by atoms with E-state index in [0.29, 0.717) is 5.54 Å². The minimum Gasteiger partial charge on any atom is -0.315 e. The zero-order valence-electron chi connectivity index (χ0n) is 7.74. The van der Waals surface area contributed by atoms with Crippen LogP contribution in [0, 0.1) is 5.41 Å². The normalized spacial score (nSPS) is 32.2. The topological polar surface area (TPSA) is 12.0 Å². The molecule has 0 aromatic heterocycles. The first-order valence-corrected chi connectivity index (χ1v) is 4.87. The van der Waals surface area contributed by atoms with Gasteiger partial charge in [-0.3, -0.25) is 0 Å². The zero-order chi connectivity index (χ0) is 7.95. The average molecular weight is 153 g/mol. The fourth-order valence-electron chi connectivity index (χ4n) is 2.26. The van der Waals surface area contributed by atoms with E-state index in [1.807, 2.05) is 0 Å².